The summed E-state index contributed by atoms with van der Waals surface area (Å²) in [7, 11) is 0. The lowest BCUT2D eigenvalue weighted by molar-refractivity contribution is 0.761. The second kappa shape index (κ2) is 8.80. The van der Waals surface area contributed by atoms with Crippen molar-refractivity contribution < 1.29 is 0 Å². The quantitative estimate of drug-likeness (QED) is 0.328. The van der Waals surface area contributed by atoms with Crippen LogP contribution in [0.2, 0.25) is 0 Å². The van der Waals surface area contributed by atoms with Crippen molar-refractivity contribution in [1.29, 1.82) is 0 Å². The molecule has 160 valence electrons. The molecule has 0 heterocycles. The van der Waals surface area contributed by atoms with Crippen LogP contribution in [0.5, 0.6) is 0 Å². The molecule has 0 fully saturated rings. The van der Waals surface area contributed by atoms with Crippen LogP contribution in [-0.2, 0) is 5.41 Å². The summed E-state index contributed by atoms with van der Waals surface area (Å²) in [5.41, 5.74) is 9.15. The predicted molar refractivity (Wildman–Crippen MR) is 141 cm³/mol. The molecular weight excluding hydrogens is 398 g/mol. The molecule has 5 rings (SSSR count). The van der Waals surface area contributed by atoms with E-state index < -0.39 is 5.41 Å². The number of hydrogen-bond donors (Lipinski definition) is 1. The molecule has 1 nitrogen and oxygen atoms in total. The van der Waals surface area contributed by atoms with E-state index in [0.29, 0.717) is 0 Å². The minimum absolute atomic E-state index is 0.428. The first kappa shape index (κ1) is 20.8. The highest BCUT2D eigenvalue weighted by molar-refractivity contribution is 5.92. The van der Waals surface area contributed by atoms with E-state index in [-0.39, 0.29) is 0 Å². The fourth-order valence-electron chi connectivity index (χ4n) is 5.11. The molecule has 0 aromatic heterocycles. The molecule has 0 aliphatic heterocycles. The molecule has 4 aromatic rings. The molecular formula is C32H27N. The summed E-state index contributed by atoms with van der Waals surface area (Å²) in [6.45, 7) is 6.29. The lowest BCUT2D eigenvalue weighted by Gasteiger charge is -2.35. The Hall–Kier alpha value is -4.10. The maximum absolute atomic E-state index is 4.21. The molecule has 0 saturated heterocycles. The Labute approximate surface area is 196 Å². The average Bonchev–Trinajstić information content (AvgIpc) is 3.15. The SMILES string of the molecule is C=CC1=C(/C=C\C)C(c2ccccc2)(c2ccccc2)c2cc(Nc3ccccc3)ccc21. The summed E-state index contributed by atoms with van der Waals surface area (Å²) in [4.78, 5) is 0. The van der Waals surface area contributed by atoms with E-state index in [1.165, 1.54) is 33.4 Å². The Balaban J connectivity index is 1.83. The van der Waals surface area contributed by atoms with E-state index in [4.69, 9.17) is 0 Å². The monoisotopic (exact) mass is 425 g/mol. The van der Waals surface area contributed by atoms with Gasteiger partial charge >= 0.3 is 0 Å². The van der Waals surface area contributed by atoms with Gasteiger partial charge in [-0.15, -0.1) is 0 Å². The van der Waals surface area contributed by atoms with Crippen molar-refractivity contribution >= 4 is 16.9 Å². The van der Waals surface area contributed by atoms with Crippen molar-refractivity contribution in [2.75, 3.05) is 5.32 Å². The number of para-hydroxylation sites is 1. The average molecular weight is 426 g/mol. The van der Waals surface area contributed by atoms with Gasteiger partial charge in [-0.1, -0.05) is 110 Å². The maximum atomic E-state index is 4.21. The molecule has 0 atom stereocenters. The number of allylic oxidation sites excluding steroid dienone is 5. The second-order valence-electron chi connectivity index (χ2n) is 8.26. The lowest BCUT2D eigenvalue weighted by Crippen LogP contribution is -2.29. The number of hydrogen-bond acceptors (Lipinski definition) is 1. The zero-order chi connectivity index (χ0) is 22.7. The Kier molecular flexibility index (Phi) is 5.54. The van der Waals surface area contributed by atoms with E-state index in [0.717, 1.165) is 11.4 Å². The van der Waals surface area contributed by atoms with Gasteiger partial charge in [0.2, 0.25) is 0 Å². The number of anilines is 2. The fourth-order valence-corrected chi connectivity index (χ4v) is 5.11. The van der Waals surface area contributed by atoms with Crippen molar-refractivity contribution in [3.8, 4) is 0 Å². The molecule has 1 N–H and O–H groups in total. The van der Waals surface area contributed by atoms with Crippen LogP contribution in [0.1, 0.15) is 29.2 Å². The Morgan fingerprint density at radius 2 is 1.27 bits per heavy atom. The largest absolute Gasteiger partial charge is 0.356 e. The first-order chi connectivity index (χ1) is 16.3. The lowest BCUT2D eigenvalue weighted by atomic mass is 9.66. The van der Waals surface area contributed by atoms with E-state index in [9.17, 15) is 0 Å². The van der Waals surface area contributed by atoms with E-state index in [1.807, 2.05) is 12.1 Å². The standard InChI is InChI=1S/C32H27N/c1-3-14-30-28(4-2)29-22-21-27(33-26-19-12-7-13-20-26)23-31(29)32(30,24-15-8-5-9-16-24)25-17-10-6-11-18-25/h3-23,33H,2H2,1H3/b14-3-. The Morgan fingerprint density at radius 3 is 1.82 bits per heavy atom. The summed E-state index contributed by atoms with van der Waals surface area (Å²) in [6.07, 6.45) is 6.39. The highest BCUT2D eigenvalue weighted by Crippen LogP contribution is 2.55. The van der Waals surface area contributed by atoms with Crippen molar-refractivity contribution in [2.24, 2.45) is 0 Å². The molecule has 0 radical (unpaired) electrons. The van der Waals surface area contributed by atoms with Crippen LogP contribution in [0.3, 0.4) is 0 Å². The minimum atomic E-state index is -0.428. The second-order valence-corrected chi connectivity index (χ2v) is 8.26. The summed E-state index contributed by atoms with van der Waals surface area (Å²) in [6, 6.07) is 38.7. The van der Waals surface area contributed by atoms with Crippen molar-refractivity contribution in [1.82, 2.24) is 0 Å². The van der Waals surface area contributed by atoms with Gasteiger partial charge in [-0.2, -0.15) is 0 Å². The molecule has 0 saturated carbocycles. The van der Waals surface area contributed by atoms with Gasteiger partial charge in [0, 0.05) is 11.4 Å². The molecule has 0 bridgehead atoms. The first-order valence-corrected chi connectivity index (χ1v) is 11.4. The molecule has 0 unspecified atom stereocenters. The van der Waals surface area contributed by atoms with Crippen LogP contribution in [0.4, 0.5) is 11.4 Å². The third kappa shape index (κ3) is 3.43. The Bertz CT molecular complexity index is 1290. The van der Waals surface area contributed by atoms with Gasteiger partial charge in [-0.25, -0.2) is 0 Å². The van der Waals surface area contributed by atoms with Gasteiger partial charge < -0.3 is 5.32 Å². The van der Waals surface area contributed by atoms with Gasteiger partial charge in [0.25, 0.3) is 0 Å². The molecule has 0 spiro atoms. The van der Waals surface area contributed by atoms with Crippen LogP contribution in [0, 0.1) is 0 Å². The summed E-state index contributed by atoms with van der Waals surface area (Å²) in [5, 5.41) is 3.59. The summed E-state index contributed by atoms with van der Waals surface area (Å²) in [5.74, 6) is 0. The van der Waals surface area contributed by atoms with E-state index in [1.54, 1.807) is 0 Å². The van der Waals surface area contributed by atoms with Gasteiger partial charge in [0.15, 0.2) is 0 Å². The van der Waals surface area contributed by atoms with Crippen LogP contribution < -0.4 is 5.32 Å². The molecule has 4 aromatic carbocycles. The summed E-state index contributed by atoms with van der Waals surface area (Å²) < 4.78 is 0. The molecule has 33 heavy (non-hydrogen) atoms. The van der Waals surface area contributed by atoms with Crippen LogP contribution in [0.25, 0.3) is 5.57 Å². The highest BCUT2D eigenvalue weighted by Gasteiger charge is 2.46. The van der Waals surface area contributed by atoms with Gasteiger partial charge in [0.05, 0.1) is 5.41 Å². The zero-order valence-corrected chi connectivity index (χ0v) is 18.8. The van der Waals surface area contributed by atoms with Crippen LogP contribution in [-0.4, -0.2) is 0 Å². The molecule has 1 aliphatic carbocycles. The van der Waals surface area contributed by atoms with Crippen LogP contribution in [0.15, 0.2) is 140 Å². The van der Waals surface area contributed by atoms with Gasteiger partial charge in [-0.05, 0) is 64.6 Å². The van der Waals surface area contributed by atoms with Crippen molar-refractivity contribution in [3.05, 3.63) is 162 Å². The number of rotatable bonds is 6. The van der Waals surface area contributed by atoms with Gasteiger partial charge in [0.1, 0.15) is 0 Å². The maximum Gasteiger partial charge on any atom is 0.0714 e. The normalized spacial score (nSPS) is 14.3. The fraction of sp³-hybridized carbons (Fsp3) is 0.0625. The van der Waals surface area contributed by atoms with Gasteiger partial charge in [-0.3, -0.25) is 0 Å². The number of benzene rings is 4. The topological polar surface area (TPSA) is 12.0 Å². The van der Waals surface area contributed by atoms with E-state index in [2.05, 4.69) is 134 Å². The zero-order valence-electron chi connectivity index (χ0n) is 18.8. The number of nitrogens with one attached hydrogen (secondary N) is 1. The van der Waals surface area contributed by atoms with E-state index >= 15 is 0 Å². The van der Waals surface area contributed by atoms with Crippen LogP contribution >= 0.6 is 0 Å². The highest BCUT2D eigenvalue weighted by atomic mass is 14.9. The minimum Gasteiger partial charge on any atom is -0.356 e. The molecule has 1 aliphatic rings. The summed E-state index contributed by atoms with van der Waals surface area (Å²) >= 11 is 0. The third-order valence-corrected chi connectivity index (χ3v) is 6.42. The molecule has 1 heteroatoms. The number of fused-ring (bicyclic) bond motifs is 1. The van der Waals surface area contributed by atoms with Crippen molar-refractivity contribution in [2.45, 2.75) is 12.3 Å². The Morgan fingerprint density at radius 1 is 0.697 bits per heavy atom. The smallest absolute Gasteiger partial charge is 0.0714 e. The third-order valence-electron chi connectivity index (χ3n) is 6.42. The predicted octanol–water partition coefficient (Wildman–Crippen LogP) is 8.29. The van der Waals surface area contributed by atoms with Crippen molar-refractivity contribution in [3.63, 3.8) is 0 Å². The molecule has 0 amide bonds. The first-order valence-electron chi connectivity index (χ1n) is 11.4.